The fraction of sp³-hybridized carbons (Fsp3) is 0.158. The Hall–Kier alpha value is -3.12. The number of ether oxygens (including phenoxy) is 1. The number of amides is 1. The Morgan fingerprint density at radius 2 is 1.92 bits per heavy atom. The number of aromatic nitrogens is 2. The van der Waals surface area contributed by atoms with E-state index in [0.29, 0.717) is 12.1 Å². The molecule has 3 aromatic rings. The van der Waals surface area contributed by atoms with Gasteiger partial charge in [0.1, 0.15) is 5.75 Å². The van der Waals surface area contributed by atoms with Gasteiger partial charge in [-0.2, -0.15) is 5.10 Å². The lowest BCUT2D eigenvalue weighted by Gasteiger charge is -2.20. The number of nitrogens with one attached hydrogen (secondary N) is 1. The maximum absolute atomic E-state index is 12.7. The molecule has 0 spiro atoms. The van der Waals surface area contributed by atoms with Crippen LogP contribution in [0.1, 0.15) is 15.9 Å². The van der Waals surface area contributed by atoms with Crippen molar-refractivity contribution in [1.82, 2.24) is 15.3 Å². The highest BCUT2D eigenvalue weighted by molar-refractivity contribution is 5.94. The van der Waals surface area contributed by atoms with Gasteiger partial charge in [-0.15, -0.1) is 0 Å². The number of H-pyrrole nitrogens is 1. The lowest BCUT2D eigenvalue weighted by molar-refractivity contribution is -0.102. The third-order valence-electron chi connectivity index (χ3n) is 3.87. The molecule has 0 saturated heterocycles. The van der Waals surface area contributed by atoms with Gasteiger partial charge >= 0.3 is 0 Å². The van der Waals surface area contributed by atoms with Crippen molar-refractivity contribution in [3.63, 3.8) is 0 Å². The highest BCUT2D eigenvalue weighted by Crippen LogP contribution is 2.20. The summed E-state index contributed by atoms with van der Waals surface area (Å²) in [5.74, 6) is 0.537. The molecule has 0 aliphatic carbocycles. The molecular weight excluding hydrogens is 318 g/mol. The van der Waals surface area contributed by atoms with Crippen LogP contribution in [0.5, 0.6) is 5.75 Å². The summed E-state index contributed by atoms with van der Waals surface area (Å²) in [6.07, 6.45) is 3.54. The third-order valence-corrected chi connectivity index (χ3v) is 3.87. The minimum absolute atomic E-state index is 0.205. The number of aromatic amines is 1. The van der Waals surface area contributed by atoms with E-state index in [9.17, 15) is 4.79 Å². The van der Waals surface area contributed by atoms with Crippen molar-refractivity contribution in [2.45, 2.75) is 6.54 Å². The van der Waals surface area contributed by atoms with Gasteiger partial charge in [0, 0.05) is 17.3 Å². The van der Waals surface area contributed by atoms with Gasteiger partial charge in [0.2, 0.25) is 0 Å². The first-order chi connectivity index (χ1) is 12.2. The zero-order chi connectivity index (χ0) is 17.6. The topological polar surface area (TPSA) is 67.5 Å². The molecule has 1 aromatic heterocycles. The number of rotatable bonds is 6. The van der Waals surface area contributed by atoms with E-state index in [1.807, 2.05) is 36.4 Å². The fourth-order valence-electron chi connectivity index (χ4n) is 2.51. The van der Waals surface area contributed by atoms with Crippen molar-refractivity contribution < 1.29 is 14.4 Å². The number of carbonyl (C=O) groups excluding carboxylic acids is 1. The van der Waals surface area contributed by atoms with Crippen molar-refractivity contribution in [3.05, 3.63) is 72.1 Å². The first-order valence-electron chi connectivity index (χ1n) is 7.79. The highest BCUT2D eigenvalue weighted by atomic mass is 16.7. The first kappa shape index (κ1) is 16.7. The van der Waals surface area contributed by atoms with E-state index in [2.05, 4.69) is 10.2 Å². The number of carbonyl (C=O) groups is 1. The van der Waals surface area contributed by atoms with Gasteiger partial charge in [0.25, 0.3) is 5.91 Å². The van der Waals surface area contributed by atoms with Crippen LogP contribution in [0.3, 0.4) is 0 Å². The normalized spacial score (nSPS) is 10.5. The standard InChI is InChI=1S/C19H19N3O3/c1-24-18-5-3-4-14(10-18)13-22(25-2)19(23)16-8-6-15(7-9-16)17-11-20-21-12-17/h3-12H,13H2,1-2H3,(H,20,21). The fourth-order valence-corrected chi connectivity index (χ4v) is 2.51. The van der Waals surface area contributed by atoms with Crippen LogP contribution in [0.2, 0.25) is 0 Å². The highest BCUT2D eigenvalue weighted by Gasteiger charge is 2.16. The van der Waals surface area contributed by atoms with Gasteiger partial charge < -0.3 is 4.74 Å². The van der Waals surface area contributed by atoms with E-state index >= 15 is 0 Å². The minimum Gasteiger partial charge on any atom is -0.497 e. The summed E-state index contributed by atoms with van der Waals surface area (Å²) >= 11 is 0. The summed E-state index contributed by atoms with van der Waals surface area (Å²) in [5, 5.41) is 8.02. The number of hydrogen-bond donors (Lipinski definition) is 1. The van der Waals surface area contributed by atoms with Crippen LogP contribution in [0.25, 0.3) is 11.1 Å². The predicted octanol–water partition coefficient (Wildman–Crippen LogP) is 3.29. The van der Waals surface area contributed by atoms with Crippen molar-refractivity contribution in [3.8, 4) is 16.9 Å². The molecule has 1 heterocycles. The summed E-state index contributed by atoms with van der Waals surface area (Å²) in [5.41, 5.74) is 3.43. The molecule has 0 atom stereocenters. The van der Waals surface area contributed by atoms with E-state index in [1.165, 1.54) is 12.2 Å². The predicted molar refractivity (Wildman–Crippen MR) is 93.9 cm³/mol. The summed E-state index contributed by atoms with van der Waals surface area (Å²) < 4.78 is 5.21. The van der Waals surface area contributed by atoms with Crippen molar-refractivity contribution in [1.29, 1.82) is 0 Å². The molecule has 0 saturated carbocycles. The Kier molecular flexibility index (Phi) is 5.11. The molecule has 0 aliphatic heterocycles. The number of hydrogen-bond acceptors (Lipinski definition) is 4. The number of hydroxylamine groups is 2. The first-order valence-corrected chi connectivity index (χ1v) is 7.79. The Bertz CT molecular complexity index is 829. The maximum atomic E-state index is 12.7. The average Bonchev–Trinajstić information content (AvgIpc) is 3.20. The summed E-state index contributed by atoms with van der Waals surface area (Å²) in [4.78, 5) is 18.0. The largest absolute Gasteiger partial charge is 0.497 e. The van der Waals surface area contributed by atoms with Gasteiger partial charge in [-0.25, -0.2) is 5.06 Å². The molecule has 0 bridgehead atoms. The molecule has 6 heteroatoms. The van der Waals surface area contributed by atoms with E-state index in [1.54, 1.807) is 31.6 Å². The van der Waals surface area contributed by atoms with Gasteiger partial charge in [0.05, 0.1) is 27.0 Å². The lowest BCUT2D eigenvalue weighted by atomic mass is 10.1. The molecule has 0 aliphatic rings. The van der Waals surface area contributed by atoms with E-state index < -0.39 is 0 Å². The molecule has 3 rings (SSSR count). The van der Waals surface area contributed by atoms with Crippen LogP contribution < -0.4 is 4.74 Å². The van der Waals surface area contributed by atoms with Gasteiger partial charge in [-0.05, 0) is 35.4 Å². The summed E-state index contributed by atoms with van der Waals surface area (Å²) in [7, 11) is 3.10. The SMILES string of the molecule is COc1cccc(CN(OC)C(=O)c2ccc(-c3cn[nH]c3)cc2)c1. The van der Waals surface area contributed by atoms with Crippen LogP contribution in [-0.4, -0.2) is 35.4 Å². The minimum atomic E-state index is -0.205. The molecule has 0 unspecified atom stereocenters. The second-order valence-electron chi connectivity index (χ2n) is 5.44. The monoisotopic (exact) mass is 337 g/mol. The number of methoxy groups -OCH3 is 1. The third kappa shape index (κ3) is 3.87. The Labute approximate surface area is 146 Å². The zero-order valence-electron chi connectivity index (χ0n) is 14.1. The molecule has 1 N–H and O–H groups in total. The van der Waals surface area contributed by atoms with Gasteiger partial charge in [-0.3, -0.25) is 14.7 Å². The van der Waals surface area contributed by atoms with Crippen LogP contribution in [0.15, 0.2) is 60.9 Å². The molecular formula is C19H19N3O3. The van der Waals surface area contributed by atoms with Crippen molar-refractivity contribution >= 4 is 5.91 Å². The van der Waals surface area contributed by atoms with E-state index in [0.717, 1.165) is 22.4 Å². The molecule has 1 amide bonds. The lowest BCUT2D eigenvalue weighted by Crippen LogP contribution is -2.29. The maximum Gasteiger partial charge on any atom is 0.277 e. The quantitative estimate of drug-likeness (QED) is 0.701. The van der Waals surface area contributed by atoms with E-state index in [-0.39, 0.29) is 5.91 Å². The van der Waals surface area contributed by atoms with Gasteiger partial charge in [0.15, 0.2) is 0 Å². The Morgan fingerprint density at radius 1 is 1.12 bits per heavy atom. The zero-order valence-corrected chi connectivity index (χ0v) is 14.1. The van der Waals surface area contributed by atoms with Crippen LogP contribution in [0, 0.1) is 0 Å². The molecule has 128 valence electrons. The van der Waals surface area contributed by atoms with Crippen molar-refractivity contribution in [2.24, 2.45) is 0 Å². The summed E-state index contributed by atoms with van der Waals surface area (Å²) in [6, 6.07) is 14.9. The van der Waals surface area contributed by atoms with Crippen molar-refractivity contribution in [2.75, 3.05) is 14.2 Å². The van der Waals surface area contributed by atoms with Crippen LogP contribution in [-0.2, 0) is 11.4 Å². The smallest absolute Gasteiger partial charge is 0.277 e. The number of nitrogens with zero attached hydrogens (tertiary/aromatic N) is 2. The number of benzene rings is 2. The Balaban J connectivity index is 1.75. The Morgan fingerprint density at radius 3 is 2.56 bits per heavy atom. The summed E-state index contributed by atoms with van der Waals surface area (Å²) in [6.45, 7) is 0.329. The van der Waals surface area contributed by atoms with E-state index in [4.69, 9.17) is 9.57 Å². The molecule has 0 radical (unpaired) electrons. The average molecular weight is 337 g/mol. The molecule has 2 aromatic carbocycles. The second-order valence-corrected chi connectivity index (χ2v) is 5.44. The van der Waals surface area contributed by atoms with Crippen LogP contribution >= 0.6 is 0 Å². The van der Waals surface area contributed by atoms with Gasteiger partial charge in [-0.1, -0.05) is 24.3 Å². The van der Waals surface area contributed by atoms with Crippen LogP contribution in [0.4, 0.5) is 0 Å². The molecule has 6 nitrogen and oxygen atoms in total. The second kappa shape index (κ2) is 7.63. The molecule has 0 fully saturated rings. The molecule has 25 heavy (non-hydrogen) atoms.